The van der Waals surface area contributed by atoms with Crippen LogP contribution in [0.1, 0.15) is 10.5 Å². The highest BCUT2D eigenvalue weighted by Gasteiger charge is 2.14. The number of aromatic hydroxyl groups is 1. The largest absolute Gasteiger partial charge is 0.508 e. The summed E-state index contributed by atoms with van der Waals surface area (Å²) in [6.07, 6.45) is 0. The molecular formula is C9H7NO3S. The number of methoxy groups -OCH3 is 1. The zero-order chi connectivity index (χ0) is 10.1. The molecule has 0 radical (unpaired) electrons. The molecule has 0 aliphatic rings. The van der Waals surface area contributed by atoms with Crippen LogP contribution in [0.4, 0.5) is 0 Å². The van der Waals surface area contributed by atoms with Crippen LogP contribution < -0.4 is 0 Å². The molecule has 0 spiro atoms. The fourth-order valence-corrected chi connectivity index (χ4v) is 1.97. The number of ether oxygens (including phenoxy) is 1. The van der Waals surface area contributed by atoms with Crippen molar-refractivity contribution < 1.29 is 14.6 Å². The number of hydrogen-bond acceptors (Lipinski definition) is 5. The van der Waals surface area contributed by atoms with Crippen LogP contribution in [-0.4, -0.2) is 22.6 Å². The van der Waals surface area contributed by atoms with E-state index in [0.29, 0.717) is 11.1 Å². The summed E-state index contributed by atoms with van der Waals surface area (Å²) in [5.74, 6) is -0.292. The van der Waals surface area contributed by atoms with Crippen molar-refractivity contribution in [1.29, 1.82) is 0 Å². The first-order valence-corrected chi connectivity index (χ1v) is 4.66. The third-order valence-electron chi connectivity index (χ3n) is 1.83. The van der Waals surface area contributed by atoms with Gasteiger partial charge in [-0.3, -0.25) is 0 Å². The second-order valence-electron chi connectivity index (χ2n) is 2.70. The number of phenolic OH excluding ortho intramolecular Hbond substituents is 1. The van der Waals surface area contributed by atoms with Gasteiger partial charge in [-0.15, -0.1) is 0 Å². The fraction of sp³-hybridized carbons (Fsp3) is 0.111. The number of carbonyl (C=O) groups excluding carboxylic acids is 1. The van der Waals surface area contributed by atoms with Crippen molar-refractivity contribution >= 4 is 27.6 Å². The molecule has 0 saturated heterocycles. The van der Waals surface area contributed by atoms with Gasteiger partial charge in [0, 0.05) is 5.39 Å². The average molecular weight is 209 g/mol. The molecule has 0 atom stereocenters. The van der Waals surface area contributed by atoms with Crippen LogP contribution in [0.15, 0.2) is 18.2 Å². The monoisotopic (exact) mass is 209 g/mol. The first kappa shape index (κ1) is 8.96. The highest BCUT2D eigenvalue weighted by Crippen LogP contribution is 2.26. The minimum Gasteiger partial charge on any atom is -0.508 e. The Bertz CT molecular complexity index is 492. The first-order valence-electron chi connectivity index (χ1n) is 3.89. The van der Waals surface area contributed by atoms with Crippen LogP contribution in [0.25, 0.3) is 10.1 Å². The van der Waals surface area contributed by atoms with Gasteiger partial charge in [0.15, 0.2) is 5.69 Å². The van der Waals surface area contributed by atoms with Gasteiger partial charge in [-0.1, -0.05) is 0 Å². The Labute approximate surface area is 83.9 Å². The van der Waals surface area contributed by atoms with Gasteiger partial charge in [0.05, 0.1) is 11.8 Å². The topological polar surface area (TPSA) is 59.4 Å². The molecule has 1 N–H and O–H groups in total. The minimum absolute atomic E-state index is 0.164. The molecule has 0 amide bonds. The summed E-state index contributed by atoms with van der Waals surface area (Å²) in [5, 5.41) is 9.91. The number of benzene rings is 1. The minimum atomic E-state index is -0.457. The van der Waals surface area contributed by atoms with E-state index in [1.165, 1.54) is 13.2 Å². The van der Waals surface area contributed by atoms with Crippen LogP contribution >= 0.6 is 11.5 Å². The van der Waals surface area contributed by atoms with Gasteiger partial charge in [0.25, 0.3) is 0 Å². The maximum atomic E-state index is 11.2. The fourth-order valence-electron chi connectivity index (χ4n) is 1.17. The molecule has 0 saturated carbocycles. The molecule has 2 rings (SSSR count). The Morgan fingerprint density at radius 3 is 3.07 bits per heavy atom. The van der Waals surface area contributed by atoms with Crippen LogP contribution in [0.2, 0.25) is 0 Å². The van der Waals surface area contributed by atoms with E-state index in [0.717, 1.165) is 16.2 Å². The van der Waals surface area contributed by atoms with Crippen molar-refractivity contribution in [3.63, 3.8) is 0 Å². The summed E-state index contributed by atoms with van der Waals surface area (Å²) in [4.78, 5) is 11.2. The summed E-state index contributed by atoms with van der Waals surface area (Å²) < 4.78 is 9.31. The average Bonchev–Trinajstić information content (AvgIpc) is 2.59. The normalized spacial score (nSPS) is 10.4. The highest BCUT2D eigenvalue weighted by molar-refractivity contribution is 7.13. The quantitative estimate of drug-likeness (QED) is 0.727. The van der Waals surface area contributed by atoms with Gasteiger partial charge in [-0.05, 0) is 29.7 Å². The molecule has 0 aliphatic heterocycles. The summed E-state index contributed by atoms with van der Waals surface area (Å²) in [7, 11) is 1.31. The zero-order valence-corrected chi connectivity index (χ0v) is 8.17. The molecule has 1 heterocycles. The molecule has 2 aromatic rings. The van der Waals surface area contributed by atoms with E-state index < -0.39 is 5.97 Å². The summed E-state index contributed by atoms with van der Waals surface area (Å²) in [6, 6.07) is 4.74. The molecule has 14 heavy (non-hydrogen) atoms. The Balaban J connectivity index is 2.64. The number of carbonyl (C=O) groups is 1. The predicted octanol–water partition coefficient (Wildman–Crippen LogP) is 1.79. The zero-order valence-electron chi connectivity index (χ0n) is 7.35. The van der Waals surface area contributed by atoms with Gasteiger partial charge in [0.1, 0.15) is 5.75 Å². The van der Waals surface area contributed by atoms with E-state index in [9.17, 15) is 9.90 Å². The number of esters is 1. The smallest absolute Gasteiger partial charge is 0.358 e. The van der Waals surface area contributed by atoms with Crippen molar-refractivity contribution in [1.82, 2.24) is 4.37 Å². The lowest BCUT2D eigenvalue weighted by Crippen LogP contribution is -2.01. The van der Waals surface area contributed by atoms with Crippen LogP contribution in [-0.2, 0) is 4.74 Å². The van der Waals surface area contributed by atoms with Gasteiger partial charge in [-0.2, -0.15) is 4.37 Å². The number of rotatable bonds is 1. The number of phenols is 1. The van der Waals surface area contributed by atoms with Crippen LogP contribution in [0, 0.1) is 0 Å². The Hall–Kier alpha value is -1.62. The lowest BCUT2D eigenvalue weighted by molar-refractivity contribution is 0.0598. The predicted molar refractivity (Wildman–Crippen MR) is 52.6 cm³/mol. The number of fused-ring (bicyclic) bond motifs is 1. The third kappa shape index (κ3) is 1.31. The molecule has 4 nitrogen and oxygen atoms in total. The summed E-state index contributed by atoms with van der Waals surface area (Å²) >= 11 is 1.16. The molecule has 0 aliphatic carbocycles. The van der Waals surface area contributed by atoms with E-state index in [1.54, 1.807) is 12.1 Å². The van der Waals surface area contributed by atoms with E-state index in [1.807, 2.05) is 0 Å². The van der Waals surface area contributed by atoms with E-state index in [2.05, 4.69) is 9.11 Å². The van der Waals surface area contributed by atoms with Crippen molar-refractivity contribution in [3.8, 4) is 5.75 Å². The summed E-state index contributed by atoms with van der Waals surface area (Å²) in [5.41, 5.74) is 0.299. The Morgan fingerprint density at radius 1 is 1.57 bits per heavy atom. The second-order valence-corrected chi connectivity index (χ2v) is 3.51. The molecule has 72 valence electrons. The van der Waals surface area contributed by atoms with Gasteiger partial charge < -0.3 is 9.84 Å². The molecular weight excluding hydrogens is 202 g/mol. The molecule has 1 aromatic heterocycles. The lowest BCUT2D eigenvalue weighted by atomic mass is 10.2. The van der Waals surface area contributed by atoms with E-state index in [4.69, 9.17) is 0 Å². The number of nitrogens with zero attached hydrogens (tertiary/aromatic N) is 1. The first-order chi connectivity index (χ1) is 6.72. The van der Waals surface area contributed by atoms with E-state index in [-0.39, 0.29) is 5.75 Å². The summed E-state index contributed by atoms with van der Waals surface area (Å²) in [6.45, 7) is 0. The molecule has 0 bridgehead atoms. The van der Waals surface area contributed by atoms with Crippen LogP contribution in [0.5, 0.6) is 5.75 Å². The maximum Gasteiger partial charge on any atom is 0.358 e. The molecule has 5 heteroatoms. The van der Waals surface area contributed by atoms with Gasteiger partial charge >= 0.3 is 5.97 Å². The van der Waals surface area contributed by atoms with Gasteiger partial charge in [0.2, 0.25) is 0 Å². The van der Waals surface area contributed by atoms with Crippen molar-refractivity contribution in [2.45, 2.75) is 0 Å². The van der Waals surface area contributed by atoms with Crippen LogP contribution in [0.3, 0.4) is 0 Å². The molecule has 0 fully saturated rings. The number of aromatic nitrogens is 1. The molecule has 1 aromatic carbocycles. The SMILES string of the molecule is COC(=O)c1nsc2cc(O)ccc12. The standard InChI is InChI=1S/C9H7NO3S/c1-13-9(12)8-6-3-2-5(11)4-7(6)14-10-8/h2-4,11H,1H3. The van der Waals surface area contributed by atoms with E-state index >= 15 is 0 Å². The van der Waals surface area contributed by atoms with Crippen molar-refractivity contribution in [2.24, 2.45) is 0 Å². The molecule has 0 unspecified atom stereocenters. The highest BCUT2D eigenvalue weighted by atomic mass is 32.1. The van der Waals surface area contributed by atoms with Crippen molar-refractivity contribution in [3.05, 3.63) is 23.9 Å². The number of hydrogen-bond donors (Lipinski definition) is 1. The van der Waals surface area contributed by atoms with Gasteiger partial charge in [-0.25, -0.2) is 4.79 Å². The maximum absolute atomic E-state index is 11.2. The second kappa shape index (κ2) is 3.26. The Kier molecular flexibility index (Phi) is 2.09. The van der Waals surface area contributed by atoms with Crippen molar-refractivity contribution in [2.75, 3.05) is 7.11 Å². The Morgan fingerprint density at radius 2 is 2.36 bits per heavy atom. The lowest BCUT2D eigenvalue weighted by Gasteiger charge is -1.95. The third-order valence-corrected chi connectivity index (χ3v) is 2.64.